The monoisotopic (exact) mass is 823 g/mol. The fourth-order valence-corrected chi connectivity index (χ4v) is 7.11. The molecule has 3 heterocycles. The molecule has 245 valence electrons. The van der Waals surface area contributed by atoms with E-state index in [9.17, 15) is 0 Å². The summed E-state index contributed by atoms with van der Waals surface area (Å²) >= 11 is 0. The first kappa shape index (κ1) is 34.7. The molecule has 0 spiro atoms. The Balaban J connectivity index is 0.000000198. The van der Waals surface area contributed by atoms with Crippen LogP contribution in [0, 0.1) is 41.8 Å². The zero-order valence-electron chi connectivity index (χ0n) is 28.4. The molecule has 7 aromatic rings. The van der Waals surface area contributed by atoms with Crippen molar-refractivity contribution < 1.29 is 33.7 Å². The molecule has 0 amide bonds. The van der Waals surface area contributed by atoms with Gasteiger partial charge in [-0.3, -0.25) is 0 Å². The van der Waals surface area contributed by atoms with E-state index in [2.05, 4.69) is 159 Å². The maximum absolute atomic E-state index is 6.32. The smallest absolute Gasteiger partial charge is 0.133 e. The summed E-state index contributed by atoms with van der Waals surface area (Å²) < 4.78 is 10.2. The minimum atomic E-state index is -1.29. The second-order valence-electron chi connectivity index (χ2n) is 13.4. The molecule has 0 saturated heterocycles. The van der Waals surface area contributed by atoms with Crippen molar-refractivity contribution in [3.8, 4) is 33.6 Å². The zero-order valence-corrected chi connectivity index (χ0v) is 31.8. The summed E-state index contributed by atoms with van der Waals surface area (Å²) in [5.41, 5.74) is 12.8. The minimum Gasteiger partial charge on any atom is -0.469 e. The molecule has 0 aliphatic rings. The van der Waals surface area contributed by atoms with Gasteiger partial charge in [0.25, 0.3) is 0 Å². The number of hydrogen-bond acceptors (Lipinski definition) is 1. The molecule has 7 rings (SSSR count). The number of nitrogens with zero attached hydrogens (tertiary/aromatic N) is 2. The number of rotatable bonds is 4. The van der Waals surface area contributed by atoms with E-state index < -0.39 is 8.07 Å². The Hall–Kier alpha value is -4.67. The molecule has 1 radical (unpaired) electrons. The summed E-state index contributed by atoms with van der Waals surface area (Å²) in [5, 5.41) is 3.63. The topological polar surface area (TPSA) is 20.9 Å². The predicted molar refractivity (Wildman–Crippen MR) is 200 cm³/mol. The third kappa shape index (κ3) is 6.95. The summed E-state index contributed by atoms with van der Waals surface area (Å²) in [6.07, 6.45) is 4.14. The molecule has 48 heavy (non-hydrogen) atoms. The summed E-state index contributed by atoms with van der Waals surface area (Å²) in [4.78, 5) is 0. The maximum atomic E-state index is 6.32. The van der Waals surface area contributed by atoms with Crippen LogP contribution in [0.2, 0.25) is 19.6 Å². The van der Waals surface area contributed by atoms with Crippen LogP contribution in [0.25, 0.3) is 55.6 Å². The van der Waals surface area contributed by atoms with Crippen LogP contribution in [-0.2, 0) is 20.1 Å². The number of benzene rings is 4. The Kier molecular flexibility index (Phi) is 9.98. The normalized spacial score (nSPS) is 11.2. The van der Waals surface area contributed by atoms with Crippen molar-refractivity contribution in [2.45, 2.75) is 33.5 Å². The van der Waals surface area contributed by atoms with Gasteiger partial charge in [0.1, 0.15) is 5.58 Å². The summed E-state index contributed by atoms with van der Waals surface area (Å²) in [7, 11) is 7.00. The van der Waals surface area contributed by atoms with Crippen LogP contribution in [0.1, 0.15) is 22.3 Å². The van der Waals surface area contributed by atoms with Gasteiger partial charge in [-0.25, -0.2) is 0 Å². The van der Waals surface area contributed by atoms with Crippen LogP contribution < -0.4 is 14.3 Å². The summed E-state index contributed by atoms with van der Waals surface area (Å²) in [5.74, 6) is 0. The third-order valence-corrected chi connectivity index (χ3v) is 10.7. The molecule has 4 aromatic carbocycles. The molecule has 0 bridgehead atoms. The van der Waals surface area contributed by atoms with Gasteiger partial charge in [0.15, 0.2) is 0 Å². The van der Waals surface area contributed by atoms with E-state index in [1.807, 2.05) is 27.5 Å². The number of hydrogen-bond donors (Lipinski definition) is 0. The largest absolute Gasteiger partial charge is 0.469 e. The predicted octanol–water partition coefficient (Wildman–Crippen LogP) is 9.65. The number of aryl methyl sites for hydroxylation is 2. The minimum absolute atomic E-state index is 0. The molecular formula is C43H42IrN2OSi-2. The average molecular weight is 823 g/mol. The fraction of sp³-hybridized carbons (Fsp3) is 0.116. The first-order valence-corrected chi connectivity index (χ1v) is 19.4. The van der Waals surface area contributed by atoms with Crippen LogP contribution in [0.15, 0.2) is 120 Å². The van der Waals surface area contributed by atoms with E-state index in [-0.39, 0.29) is 20.1 Å². The Morgan fingerprint density at radius 1 is 0.625 bits per heavy atom. The Morgan fingerprint density at radius 2 is 1.33 bits per heavy atom. The fourth-order valence-electron chi connectivity index (χ4n) is 5.98. The van der Waals surface area contributed by atoms with E-state index in [0.29, 0.717) is 0 Å². The Bertz CT molecular complexity index is 2250. The van der Waals surface area contributed by atoms with Crippen LogP contribution in [-0.4, -0.2) is 8.07 Å². The molecule has 0 aliphatic heterocycles. The zero-order chi connectivity index (χ0) is 33.5. The SMILES string of the molecule is [CH2-]c1ccc(C)cc1-c1ccc([Si](C)(C)C)c[n+]1[CH2-].[CH2-]c1ccc2c(oc3ccc(-c4ccccc4)cc32)c1-c1cc(C)cc[n+]1[CH2-].[Ir]. The number of furan rings is 1. The van der Waals surface area contributed by atoms with E-state index in [1.165, 1.54) is 27.4 Å². The van der Waals surface area contributed by atoms with Crippen LogP contribution in [0.5, 0.6) is 0 Å². The van der Waals surface area contributed by atoms with Crippen LogP contribution in [0.3, 0.4) is 0 Å². The molecule has 5 heteroatoms. The summed E-state index contributed by atoms with van der Waals surface area (Å²) in [6.45, 7) is 19.6. The van der Waals surface area contributed by atoms with E-state index in [1.54, 1.807) is 0 Å². The van der Waals surface area contributed by atoms with Gasteiger partial charge in [-0.1, -0.05) is 102 Å². The van der Waals surface area contributed by atoms with Crippen LogP contribution in [0.4, 0.5) is 0 Å². The van der Waals surface area contributed by atoms with Gasteiger partial charge in [0, 0.05) is 45.0 Å². The second kappa shape index (κ2) is 13.8. The Labute approximate surface area is 300 Å². The summed E-state index contributed by atoms with van der Waals surface area (Å²) in [6, 6.07) is 35.9. The quantitative estimate of drug-likeness (QED) is 0.0985. The van der Waals surface area contributed by atoms with Gasteiger partial charge in [-0.15, -0.1) is 23.8 Å². The maximum Gasteiger partial charge on any atom is 0.133 e. The number of pyridine rings is 2. The van der Waals surface area contributed by atoms with E-state index in [4.69, 9.17) is 4.42 Å². The second-order valence-corrected chi connectivity index (χ2v) is 18.5. The molecule has 3 aromatic heterocycles. The van der Waals surface area contributed by atoms with Gasteiger partial charge >= 0.3 is 0 Å². The van der Waals surface area contributed by atoms with Crippen molar-refractivity contribution in [2.75, 3.05) is 0 Å². The average Bonchev–Trinajstić information content (AvgIpc) is 3.41. The molecule has 0 fully saturated rings. The third-order valence-electron chi connectivity index (χ3n) is 8.71. The molecule has 0 atom stereocenters. The molecular weight excluding hydrogens is 781 g/mol. The molecule has 3 nitrogen and oxygen atoms in total. The van der Waals surface area contributed by atoms with Crippen molar-refractivity contribution in [1.29, 1.82) is 0 Å². The standard InChI is InChI=1S/C26H20NO.C17H22NSi.Ir/c1-17-13-14-27(3)23(15-17)25-18(2)9-11-21-22-16-20(19-7-5-4-6-8-19)10-12-24(22)28-26(21)25;1-13-7-8-14(2)16(11-13)17-10-9-15(12-18(17)3)19(4,5)6;/h4-16H,2-3H2,1H3;7-12H,2-3H2,1,4-6H3;/q2*-1;. The molecule has 0 unspecified atom stereocenters. The van der Waals surface area contributed by atoms with Gasteiger partial charge < -0.3 is 13.6 Å². The van der Waals surface area contributed by atoms with Crippen molar-refractivity contribution >= 4 is 35.2 Å². The Morgan fingerprint density at radius 3 is 2.04 bits per heavy atom. The van der Waals surface area contributed by atoms with Gasteiger partial charge in [0.05, 0.1) is 37.4 Å². The first-order chi connectivity index (χ1) is 22.4. The van der Waals surface area contributed by atoms with E-state index >= 15 is 0 Å². The van der Waals surface area contributed by atoms with E-state index in [0.717, 1.165) is 55.6 Å². The molecule has 0 N–H and O–H groups in total. The van der Waals surface area contributed by atoms with Gasteiger partial charge in [-0.2, -0.15) is 37.1 Å². The number of aromatic nitrogens is 2. The van der Waals surface area contributed by atoms with Crippen LogP contribution >= 0.6 is 0 Å². The van der Waals surface area contributed by atoms with Crippen molar-refractivity contribution in [3.63, 3.8) is 0 Å². The molecule has 0 aliphatic carbocycles. The van der Waals surface area contributed by atoms with Crippen molar-refractivity contribution in [1.82, 2.24) is 0 Å². The van der Waals surface area contributed by atoms with Crippen molar-refractivity contribution in [3.05, 3.63) is 166 Å². The van der Waals surface area contributed by atoms with Crippen molar-refractivity contribution in [2.24, 2.45) is 0 Å². The first-order valence-electron chi connectivity index (χ1n) is 15.9. The number of fused-ring (bicyclic) bond motifs is 3. The van der Waals surface area contributed by atoms with Gasteiger partial charge in [-0.05, 0) is 37.1 Å². The molecule has 0 saturated carbocycles. The van der Waals surface area contributed by atoms with Gasteiger partial charge in [0.2, 0.25) is 0 Å².